The number of carboxylic acid groups (broad SMARTS) is 1. The SMILES string of the molecule is CN(C)CCCNc1c(C(=O)O)cccc1[N+](=O)[O-]. The molecule has 1 aromatic carbocycles. The molecule has 0 bridgehead atoms. The zero-order valence-corrected chi connectivity index (χ0v) is 10.9. The lowest BCUT2D eigenvalue weighted by Crippen LogP contribution is -2.17. The van der Waals surface area contributed by atoms with Crippen molar-refractivity contribution in [2.45, 2.75) is 6.42 Å². The zero-order chi connectivity index (χ0) is 14.4. The highest BCUT2D eigenvalue weighted by Gasteiger charge is 2.20. The largest absolute Gasteiger partial charge is 0.478 e. The summed E-state index contributed by atoms with van der Waals surface area (Å²) in [4.78, 5) is 23.4. The van der Waals surface area contributed by atoms with Crippen LogP contribution in [0.25, 0.3) is 0 Å². The Morgan fingerprint density at radius 2 is 2.16 bits per heavy atom. The number of aromatic carboxylic acids is 1. The molecule has 104 valence electrons. The van der Waals surface area contributed by atoms with Gasteiger partial charge in [0.05, 0.1) is 10.5 Å². The van der Waals surface area contributed by atoms with Crippen molar-refractivity contribution in [2.75, 3.05) is 32.5 Å². The van der Waals surface area contributed by atoms with Gasteiger partial charge in [0, 0.05) is 12.6 Å². The first kappa shape index (κ1) is 14.9. The second kappa shape index (κ2) is 6.69. The smallest absolute Gasteiger partial charge is 0.338 e. The van der Waals surface area contributed by atoms with Crippen molar-refractivity contribution in [1.29, 1.82) is 0 Å². The third kappa shape index (κ3) is 4.22. The number of hydrogen-bond donors (Lipinski definition) is 2. The van der Waals surface area contributed by atoms with Gasteiger partial charge >= 0.3 is 5.97 Å². The van der Waals surface area contributed by atoms with Crippen LogP contribution in [0.5, 0.6) is 0 Å². The van der Waals surface area contributed by atoms with Crippen LogP contribution in [0.2, 0.25) is 0 Å². The molecule has 0 radical (unpaired) electrons. The van der Waals surface area contributed by atoms with E-state index in [2.05, 4.69) is 5.32 Å². The summed E-state index contributed by atoms with van der Waals surface area (Å²) in [6, 6.07) is 4.01. The van der Waals surface area contributed by atoms with Gasteiger partial charge in [0.2, 0.25) is 0 Å². The van der Waals surface area contributed by atoms with E-state index in [1.807, 2.05) is 19.0 Å². The Morgan fingerprint density at radius 1 is 1.47 bits per heavy atom. The normalized spacial score (nSPS) is 10.5. The fraction of sp³-hybridized carbons (Fsp3) is 0.417. The Hall–Kier alpha value is -2.15. The lowest BCUT2D eigenvalue weighted by Gasteiger charge is -2.12. The summed E-state index contributed by atoms with van der Waals surface area (Å²) in [5.74, 6) is -1.18. The standard InChI is InChI=1S/C12H17N3O4/c1-14(2)8-4-7-13-11-9(12(16)17)5-3-6-10(11)15(18)19/h3,5-6,13H,4,7-8H2,1-2H3,(H,16,17). The minimum atomic E-state index is -1.18. The third-order valence-corrected chi connectivity index (χ3v) is 2.55. The fourth-order valence-corrected chi connectivity index (χ4v) is 1.66. The van der Waals surface area contributed by atoms with E-state index in [0.717, 1.165) is 13.0 Å². The number of hydrogen-bond acceptors (Lipinski definition) is 5. The van der Waals surface area contributed by atoms with E-state index in [0.29, 0.717) is 6.54 Å². The predicted molar refractivity (Wildman–Crippen MR) is 71.7 cm³/mol. The summed E-state index contributed by atoms with van der Waals surface area (Å²) in [6.45, 7) is 1.29. The van der Waals surface area contributed by atoms with Crippen LogP contribution in [-0.2, 0) is 0 Å². The highest BCUT2D eigenvalue weighted by Crippen LogP contribution is 2.28. The average molecular weight is 267 g/mol. The first-order valence-corrected chi connectivity index (χ1v) is 5.82. The molecule has 7 nitrogen and oxygen atoms in total. The molecule has 0 fully saturated rings. The Bertz CT molecular complexity index is 442. The van der Waals surface area contributed by atoms with Gasteiger partial charge in [-0.15, -0.1) is 0 Å². The van der Waals surface area contributed by atoms with Crippen molar-refractivity contribution < 1.29 is 14.8 Å². The van der Waals surface area contributed by atoms with Crippen LogP contribution < -0.4 is 5.32 Å². The number of rotatable bonds is 7. The van der Waals surface area contributed by atoms with E-state index < -0.39 is 10.9 Å². The summed E-state index contributed by atoms with van der Waals surface area (Å²) in [7, 11) is 3.85. The number of anilines is 1. The summed E-state index contributed by atoms with van der Waals surface area (Å²) in [5.41, 5.74) is -0.234. The molecule has 0 saturated carbocycles. The lowest BCUT2D eigenvalue weighted by molar-refractivity contribution is -0.384. The van der Waals surface area contributed by atoms with Gasteiger partial charge in [-0.1, -0.05) is 6.07 Å². The molecule has 0 aromatic heterocycles. The maximum atomic E-state index is 11.1. The lowest BCUT2D eigenvalue weighted by atomic mass is 10.1. The monoisotopic (exact) mass is 267 g/mol. The summed E-state index contributed by atoms with van der Waals surface area (Å²) >= 11 is 0. The van der Waals surface area contributed by atoms with E-state index in [4.69, 9.17) is 5.11 Å². The molecule has 1 rings (SSSR count). The molecule has 0 saturated heterocycles. The van der Waals surface area contributed by atoms with Gasteiger partial charge in [-0.3, -0.25) is 10.1 Å². The maximum Gasteiger partial charge on any atom is 0.338 e. The molecule has 0 aliphatic heterocycles. The van der Waals surface area contributed by atoms with Crippen LogP contribution in [0.4, 0.5) is 11.4 Å². The highest BCUT2D eigenvalue weighted by molar-refractivity contribution is 5.96. The Morgan fingerprint density at radius 3 is 2.68 bits per heavy atom. The molecule has 19 heavy (non-hydrogen) atoms. The molecular formula is C12H17N3O4. The molecule has 0 aliphatic rings. The van der Waals surface area contributed by atoms with Gasteiger partial charge in [0.25, 0.3) is 5.69 Å². The van der Waals surface area contributed by atoms with E-state index in [9.17, 15) is 14.9 Å². The molecule has 1 aromatic rings. The zero-order valence-electron chi connectivity index (χ0n) is 10.9. The van der Waals surface area contributed by atoms with Gasteiger partial charge in [-0.05, 0) is 33.1 Å². The van der Waals surface area contributed by atoms with Gasteiger partial charge in [-0.2, -0.15) is 0 Å². The van der Waals surface area contributed by atoms with Crippen molar-refractivity contribution in [2.24, 2.45) is 0 Å². The minimum Gasteiger partial charge on any atom is -0.478 e. The van der Waals surface area contributed by atoms with Gasteiger partial charge in [0.15, 0.2) is 0 Å². The number of benzene rings is 1. The van der Waals surface area contributed by atoms with Crippen molar-refractivity contribution in [3.63, 3.8) is 0 Å². The quantitative estimate of drug-likeness (QED) is 0.443. The fourth-order valence-electron chi connectivity index (χ4n) is 1.66. The van der Waals surface area contributed by atoms with E-state index in [1.165, 1.54) is 18.2 Å². The molecule has 0 aliphatic carbocycles. The number of nitrogens with one attached hydrogen (secondary N) is 1. The van der Waals surface area contributed by atoms with Crippen molar-refractivity contribution in [3.8, 4) is 0 Å². The highest BCUT2D eigenvalue weighted by atomic mass is 16.6. The van der Waals surface area contributed by atoms with Crippen molar-refractivity contribution in [3.05, 3.63) is 33.9 Å². The first-order valence-electron chi connectivity index (χ1n) is 5.82. The van der Waals surface area contributed by atoms with Gasteiger partial charge < -0.3 is 15.3 Å². The molecule has 2 N–H and O–H groups in total. The third-order valence-electron chi connectivity index (χ3n) is 2.55. The topological polar surface area (TPSA) is 95.7 Å². The van der Waals surface area contributed by atoms with Gasteiger partial charge in [0.1, 0.15) is 5.69 Å². The second-order valence-electron chi connectivity index (χ2n) is 4.35. The molecular weight excluding hydrogens is 250 g/mol. The summed E-state index contributed by atoms with van der Waals surface area (Å²) < 4.78 is 0. The molecule has 7 heteroatoms. The molecule has 0 spiro atoms. The van der Waals surface area contributed by atoms with Crippen LogP contribution in [-0.4, -0.2) is 48.1 Å². The van der Waals surface area contributed by atoms with Crippen LogP contribution in [0.3, 0.4) is 0 Å². The molecule has 0 amide bonds. The average Bonchev–Trinajstić information content (AvgIpc) is 2.33. The van der Waals surface area contributed by atoms with Crippen molar-refractivity contribution >= 4 is 17.3 Å². The Labute approximate surface area is 111 Å². The number of nitro groups is 1. The Kier molecular flexibility index (Phi) is 5.25. The van der Waals surface area contributed by atoms with Crippen LogP contribution in [0, 0.1) is 10.1 Å². The first-order chi connectivity index (χ1) is 8.93. The van der Waals surface area contributed by atoms with Crippen molar-refractivity contribution in [1.82, 2.24) is 4.90 Å². The number of nitrogens with zero attached hydrogens (tertiary/aromatic N) is 2. The van der Waals surface area contributed by atoms with E-state index >= 15 is 0 Å². The van der Waals surface area contributed by atoms with Crippen LogP contribution >= 0.6 is 0 Å². The predicted octanol–water partition coefficient (Wildman–Crippen LogP) is 1.66. The summed E-state index contributed by atoms with van der Waals surface area (Å²) in [5, 5.41) is 22.8. The number of carboxylic acids is 1. The number of para-hydroxylation sites is 1. The van der Waals surface area contributed by atoms with Gasteiger partial charge in [-0.25, -0.2) is 4.79 Å². The molecule has 0 heterocycles. The number of nitro benzene ring substituents is 1. The minimum absolute atomic E-state index is 0.0683. The number of carbonyl (C=O) groups is 1. The van der Waals surface area contributed by atoms with Crippen LogP contribution in [0.1, 0.15) is 16.8 Å². The van der Waals surface area contributed by atoms with E-state index in [1.54, 1.807) is 0 Å². The van der Waals surface area contributed by atoms with Crippen LogP contribution in [0.15, 0.2) is 18.2 Å². The maximum absolute atomic E-state index is 11.1. The Balaban J connectivity index is 2.89. The van der Waals surface area contributed by atoms with E-state index in [-0.39, 0.29) is 16.9 Å². The summed E-state index contributed by atoms with van der Waals surface area (Å²) in [6.07, 6.45) is 0.762. The molecule has 0 unspecified atom stereocenters. The molecule has 0 atom stereocenters. The second-order valence-corrected chi connectivity index (χ2v) is 4.35.